The summed E-state index contributed by atoms with van der Waals surface area (Å²) >= 11 is 0. The molecule has 0 fully saturated rings. The molecule has 0 saturated carbocycles. The van der Waals surface area contributed by atoms with E-state index in [0.717, 1.165) is 11.4 Å². The zero-order valence-corrected chi connectivity index (χ0v) is 7.94. The second kappa shape index (κ2) is 3.87. The van der Waals surface area contributed by atoms with Gasteiger partial charge in [0.25, 0.3) is 0 Å². The van der Waals surface area contributed by atoms with Crippen molar-refractivity contribution in [3.05, 3.63) is 47.7 Å². The Balaban J connectivity index is 2.15. The Hall–Kier alpha value is -1.90. The van der Waals surface area contributed by atoms with Gasteiger partial charge in [-0.25, -0.2) is 4.99 Å². The van der Waals surface area contributed by atoms with Crippen LogP contribution in [0.4, 0.5) is 5.82 Å². The summed E-state index contributed by atoms with van der Waals surface area (Å²) in [7, 11) is 0. The van der Waals surface area contributed by atoms with Gasteiger partial charge in [-0.05, 0) is 12.5 Å². The maximum atomic E-state index is 4.22. The van der Waals surface area contributed by atoms with Gasteiger partial charge in [0.05, 0.1) is 6.20 Å². The molecule has 70 valence electrons. The second-order valence-corrected chi connectivity index (χ2v) is 3.11. The molecule has 3 heteroatoms. The minimum absolute atomic E-state index is 0.769. The van der Waals surface area contributed by atoms with Crippen molar-refractivity contribution in [2.75, 3.05) is 0 Å². The Morgan fingerprint density at radius 1 is 1.21 bits per heavy atom. The van der Waals surface area contributed by atoms with E-state index >= 15 is 0 Å². The first-order valence-corrected chi connectivity index (χ1v) is 4.45. The van der Waals surface area contributed by atoms with E-state index in [4.69, 9.17) is 0 Å². The minimum atomic E-state index is 0.769. The van der Waals surface area contributed by atoms with Gasteiger partial charge in [-0.3, -0.25) is 5.10 Å². The van der Waals surface area contributed by atoms with Crippen LogP contribution in [0, 0.1) is 6.92 Å². The molecule has 0 atom stereocenters. The molecule has 0 aliphatic carbocycles. The van der Waals surface area contributed by atoms with Crippen LogP contribution in [0.5, 0.6) is 0 Å². The van der Waals surface area contributed by atoms with Gasteiger partial charge in [-0.15, -0.1) is 0 Å². The van der Waals surface area contributed by atoms with Crippen molar-refractivity contribution < 1.29 is 0 Å². The lowest BCUT2D eigenvalue weighted by Crippen LogP contribution is -1.80. The van der Waals surface area contributed by atoms with Crippen molar-refractivity contribution >= 4 is 12.0 Å². The Morgan fingerprint density at radius 3 is 2.64 bits per heavy atom. The summed E-state index contributed by atoms with van der Waals surface area (Å²) in [4.78, 5) is 4.22. The van der Waals surface area contributed by atoms with Gasteiger partial charge in [0.1, 0.15) is 5.82 Å². The molecule has 0 saturated heterocycles. The Labute approximate surface area is 82.5 Å². The lowest BCUT2D eigenvalue weighted by molar-refractivity contribution is 1.08. The number of rotatable bonds is 2. The Bertz CT molecular complexity index is 412. The summed E-state index contributed by atoms with van der Waals surface area (Å²) < 4.78 is 0. The second-order valence-electron chi connectivity index (χ2n) is 3.11. The van der Waals surface area contributed by atoms with Gasteiger partial charge in [0.2, 0.25) is 0 Å². The van der Waals surface area contributed by atoms with Crippen LogP contribution in [0.15, 0.2) is 41.5 Å². The molecule has 2 aromatic rings. The monoisotopic (exact) mass is 185 g/mol. The molecule has 0 aliphatic rings. The molecule has 3 nitrogen and oxygen atoms in total. The summed E-state index contributed by atoms with van der Waals surface area (Å²) in [5, 5.41) is 6.58. The summed E-state index contributed by atoms with van der Waals surface area (Å²) in [6, 6.07) is 10.0. The summed E-state index contributed by atoms with van der Waals surface area (Å²) in [6.07, 6.45) is 3.49. The molecule has 0 aliphatic heterocycles. The molecule has 2 rings (SSSR count). The first-order valence-electron chi connectivity index (χ1n) is 4.45. The molecular formula is C11H11N3. The maximum absolute atomic E-state index is 4.22. The number of aliphatic imine (C=N–C) groups is 1. The number of hydrogen-bond acceptors (Lipinski definition) is 2. The molecule has 1 aromatic carbocycles. The number of aryl methyl sites for hydroxylation is 1. The summed E-state index contributed by atoms with van der Waals surface area (Å²) in [5.41, 5.74) is 2.34. The highest BCUT2D eigenvalue weighted by Crippen LogP contribution is 2.05. The van der Waals surface area contributed by atoms with E-state index in [1.807, 2.05) is 24.4 Å². The van der Waals surface area contributed by atoms with Crippen LogP contribution < -0.4 is 0 Å². The quantitative estimate of drug-likeness (QED) is 0.717. The highest BCUT2D eigenvalue weighted by Gasteiger charge is 1.88. The molecule has 14 heavy (non-hydrogen) atoms. The Morgan fingerprint density at radius 2 is 2.00 bits per heavy atom. The smallest absolute Gasteiger partial charge is 0.147 e. The average Bonchev–Trinajstić information content (AvgIpc) is 2.70. The van der Waals surface area contributed by atoms with Crippen molar-refractivity contribution in [3.8, 4) is 0 Å². The molecule has 1 N–H and O–H groups in total. The predicted molar refractivity (Wildman–Crippen MR) is 57.0 cm³/mol. The first-order chi connectivity index (χ1) is 6.84. The first kappa shape index (κ1) is 8.69. The molecule has 1 heterocycles. The molecular weight excluding hydrogens is 174 g/mol. The number of aromatic amines is 1. The van der Waals surface area contributed by atoms with E-state index in [1.54, 1.807) is 6.20 Å². The van der Waals surface area contributed by atoms with Crippen LogP contribution in [-0.4, -0.2) is 16.4 Å². The topological polar surface area (TPSA) is 41.0 Å². The average molecular weight is 185 g/mol. The van der Waals surface area contributed by atoms with Crippen molar-refractivity contribution in [1.29, 1.82) is 0 Å². The fourth-order valence-electron chi connectivity index (χ4n) is 1.12. The molecule has 0 radical (unpaired) electrons. The van der Waals surface area contributed by atoms with E-state index in [2.05, 4.69) is 34.2 Å². The molecule has 0 amide bonds. The fourth-order valence-corrected chi connectivity index (χ4v) is 1.12. The predicted octanol–water partition coefficient (Wildman–Crippen LogP) is 2.47. The highest BCUT2D eigenvalue weighted by molar-refractivity contribution is 5.81. The third kappa shape index (κ3) is 2.07. The number of nitrogens with zero attached hydrogens (tertiary/aromatic N) is 2. The molecule has 0 unspecified atom stereocenters. The van der Waals surface area contributed by atoms with Crippen LogP contribution in [0.1, 0.15) is 11.1 Å². The van der Waals surface area contributed by atoms with E-state index in [1.165, 1.54) is 5.56 Å². The number of benzene rings is 1. The number of nitrogens with one attached hydrogen (secondary N) is 1. The normalized spacial score (nSPS) is 10.9. The van der Waals surface area contributed by atoms with Crippen LogP contribution in [0.25, 0.3) is 0 Å². The largest absolute Gasteiger partial charge is 0.261 e. The van der Waals surface area contributed by atoms with E-state index in [-0.39, 0.29) is 0 Å². The molecule has 0 bridgehead atoms. The van der Waals surface area contributed by atoms with E-state index in [9.17, 15) is 0 Å². The maximum Gasteiger partial charge on any atom is 0.147 e. The molecule has 1 aromatic heterocycles. The third-order valence-corrected chi connectivity index (χ3v) is 1.92. The summed E-state index contributed by atoms with van der Waals surface area (Å²) in [6.45, 7) is 2.07. The van der Waals surface area contributed by atoms with Gasteiger partial charge in [0, 0.05) is 12.3 Å². The lowest BCUT2D eigenvalue weighted by atomic mass is 10.2. The van der Waals surface area contributed by atoms with Gasteiger partial charge >= 0.3 is 0 Å². The molecule has 0 spiro atoms. The number of H-pyrrole nitrogens is 1. The SMILES string of the molecule is Cc1ccc(/C=N/c2ccn[nH]2)cc1. The zero-order chi connectivity index (χ0) is 9.80. The van der Waals surface area contributed by atoms with Crippen molar-refractivity contribution in [1.82, 2.24) is 10.2 Å². The highest BCUT2D eigenvalue weighted by atomic mass is 15.1. The van der Waals surface area contributed by atoms with Crippen molar-refractivity contribution in [2.24, 2.45) is 4.99 Å². The zero-order valence-electron chi connectivity index (χ0n) is 7.94. The van der Waals surface area contributed by atoms with E-state index < -0.39 is 0 Å². The number of aromatic nitrogens is 2. The van der Waals surface area contributed by atoms with Crippen LogP contribution in [0.2, 0.25) is 0 Å². The van der Waals surface area contributed by atoms with Crippen LogP contribution in [0.3, 0.4) is 0 Å². The van der Waals surface area contributed by atoms with E-state index in [0.29, 0.717) is 0 Å². The van der Waals surface area contributed by atoms with Crippen molar-refractivity contribution in [2.45, 2.75) is 6.92 Å². The standard InChI is InChI=1S/C11H11N3/c1-9-2-4-10(5-3-9)8-12-11-6-7-13-14-11/h2-8H,1H3,(H,13,14)/b12-8+. The third-order valence-electron chi connectivity index (χ3n) is 1.92. The number of hydrogen-bond donors (Lipinski definition) is 1. The van der Waals surface area contributed by atoms with Gasteiger partial charge in [0.15, 0.2) is 0 Å². The van der Waals surface area contributed by atoms with Crippen LogP contribution >= 0.6 is 0 Å². The van der Waals surface area contributed by atoms with Crippen molar-refractivity contribution in [3.63, 3.8) is 0 Å². The Kier molecular flexibility index (Phi) is 2.40. The van der Waals surface area contributed by atoms with Crippen LogP contribution in [-0.2, 0) is 0 Å². The van der Waals surface area contributed by atoms with Gasteiger partial charge in [-0.1, -0.05) is 29.8 Å². The minimum Gasteiger partial charge on any atom is -0.261 e. The van der Waals surface area contributed by atoms with Gasteiger partial charge < -0.3 is 0 Å². The van der Waals surface area contributed by atoms with Gasteiger partial charge in [-0.2, -0.15) is 5.10 Å². The fraction of sp³-hybridized carbons (Fsp3) is 0.0909. The summed E-state index contributed by atoms with van der Waals surface area (Å²) in [5.74, 6) is 0.769. The lowest BCUT2D eigenvalue weighted by Gasteiger charge is -1.93.